The lowest BCUT2D eigenvalue weighted by Crippen LogP contribution is -2.47. The van der Waals surface area contributed by atoms with E-state index in [-0.39, 0.29) is 23.5 Å². The monoisotopic (exact) mass is 462 g/mol. The van der Waals surface area contributed by atoms with Gasteiger partial charge in [0, 0.05) is 32.2 Å². The molecular formula is C23H34N4O4S. The van der Waals surface area contributed by atoms with Crippen molar-refractivity contribution in [2.75, 3.05) is 45.2 Å². The van der Waals surface area contributed by atoms with Crippen molar-refractivity contribution in [1.29, 1.82) is 0 Å². The van der Waals surface area contributed by atoms with Gasteiger partial charge in [0.15, 0.2) is 5.11 Å². The van der Waals surface area contributed by atoms with Crippen LogP contribution in [-0.4, -0.2) is 72.9 Å². The van der Waals surface area contributed by atoms with Crippen LogP contribution in [0.25, 0.3) is 0 Å². The molecule has 2 amide bonds. The Morgan fingerprint density at radius 2 is 1.81 bits per heavy atom. The number of ether oxygens (including phenoxy) is 2. The number of hydrogen-bond donors (Lipinski definition) is 2. The van der Waals surface area contributed by atoms with Crippen LogP contribution in [0, 0.1) is 5.41 Å². The maximum absolute atomic E-state index is 12.7. The number of nitrogens with zero attached hydrogens (tertiary/aromatic N) is 2. The molecule has 2 aliphatic rings. The van der Waals surface area contributed by atoms with Gasteiger partial charge in [0.1, 0.15) is 5.75 Å². The lowest BCUT2D eigenvalue weighted by molar-refractivity contribution is -0.143. The van der Waals surface area contributed by atoms with Crippen LogP contribution in [0.1, 0.15) is 39.5 Å². The molecule has 2 heterocycles. The summed E-state index contributed by atoms with van der Waals surface area (Å²) in [6.07, 6.45) is 3.25. The van der Waals surface area contributed by atoms with Gasteiger partial charge in [-0.15, -0.1) is 0 Å². The number of carbonyl (C=O) groups excluding carboxylic acids is 2. The second kappa shape index (κ2) is 10.8. The zero-order valence-electron chi connectivity index (χ0n) is 19.2. The van der Waals surface area contributed by atoms with E-state index >= 15 is 0 Å². The Morgan fingerprint density at radius 1 is 1.16 bits per heavy atom. The Morgan fingerprint density at radius 3 is 2.47 bits per heavy atom. The summed E-state index contributed by atoms with van der Waals surface area (Å²) in [5, 5.41) is 6.92. The number of hydrogen-bond acceptors (Lipinski definition) is 5. The molecule has 2 aliphatic heterocycles. The van der Waals surface area contributed by atoms with E-state index in [1.54, 1.807) is 14.0 Å². The highest BCUT2D eigenvalue weighted by Gasteiger charge is 2.42. The molecule has 3 rings (SSSR count). The number of urea groups is 1. The molecular weight excluding hydrogens is 428 g/mol. The zero-order valence-corrected chi connectivity index (χ0v) is 20.0. The van der Waals surface area contributed by atoms with E-state index in [0.717, 1.165) is 32.4 Å². The van der Waals surface area contributed by atoms with Crippen LogP contribution in [0.2, 0.25) is 0 Å². The number of para-hydroxylation sites is 2. The molecule has 1 spiro atoms. The van der Waals surface area contributed by atoms with Crippen molar-refractivity contribution in [3.8, 4) is 5.75 Å². The molecule has 1 atom stereocenters. The minimum absolute atomic E-state index is 0.0707. The van der Waals surface area contributed by atoms with Crippen LogP contribution in [0.4, 0.5) is 10.5 Å². The van der Waals surface area contributed by atoms with E-state index in [0.29, 0.717) is 42.7 Å². The standard InChI is InChI=1S/C23H34N4O4S/c1-4-31-20(28)15-17(2)24-22(32)27-14-11-23(16-27)9-12-26(13-10-23)21(29)25-18-7-5-6-8-19(18)30-3/h5-8,17H,4,9-16H2,1-3H3,(H,24,32)(H,25,29). The summed E-state index contributed by atoms with van der Waals surface area (Å²) in [4.78, 5) is 28.5. The number of anilines is 1. The second-order valence-electron chi connectivity index (χ2n) is 8.65. The van der Waals surface area contributed by atoms with E-state index in [4.69, 9.17) is 21.7 Å². The van der Waals surface area contributed by atoms with Crippen molar-refractivity contribution >= 4 is 35.0 Å². The average molecular weight is 463 g/mol. The van der Waals surface area contributed by atoms with Crippen molar-refractivity contribution in [3.63, 3.8) is 0 Å². The summed E-state index contributed by atoms with van der Waals surface area (Å²) >= 11 is 5.60. The molecule has 0 aliphatic carbocycles. The summed E-state index contributed by atoms with van der Waals surface area (Å²) in [5.74, 6) is 0.436. The van der Waals surface area contributed by atoms with E-state index in [1.165, 1.54) is 0 Å². The number of esters is 1. The Labute approximate surface area is 195 Å². The number of rotatable bonds is 6. The van der Waals surface area contributed by atoms with Crippen LogP contribution < -0.4 is 15.4 Å². The molecule has 1 aromatic carbocycles. The average Bonchev–Trinajstić information content (AvgIpc) is 3.18. The number of carbonyl (C=O) groups is 2. The number of nitrogens with one attached hydrogen (secondary N) is 2. The molecule has 1 unspecified atom stereocenters. The number of methoxy groups -OCH3 is 1. The fourth-order valence-corrected chi connectivity index (χ4v) is 4.82. The minimum atomic E-state index is -0.216. The van der Waals surface area contributed by atoms with Crippen LogP contribution in [-0.2, 0) is 9.53 Å². The van der Waals surface area contributed by atoms with Crippen LogP contribution >= 0.6 is 12.2 Å². The molecule has 2 saturated heterocycles. The molecule has 8 nitrogen and oxygen atoms in total. The van der Waals surface area contributed by atoms with Gasteiger partial charge in [0.2, 0.25) is 0 Å². The number of thiocarbonyl (C=S) groups is 1. The molecule has 0 bridgehead atoms. The van der Waals surface area contributed by atoms with Crippen molar-refractivity contribution in [2.45, 2.75) is 45.6 Å². The van der Waals surface area contributed by atoms with Crippen LogP contribution in [0.5, 0.6) is 5.75 Å². The van der Waals surface area contributed by atoms with Crippen molar-refractivity contribution in [3.05, 3.63) is 24.3 Å². The molecule has 1 aromatic rings. The number of piperidine rings is 1. The summed E-state index contributed by atoms with van der Waals surface area (Å²) in [5.41, 5.74) is 0.859. The van der Waals surface area contributed by atoms with Gasteiger partial charge in [-0.3, -0.25) is 4.79 Å². The SMILES string of the molecule is CCOC(=O)CC(C)NC(=S)N1CCC2(CCN(C(=O)Nc3ccccc3OC)CC2)C1. The van der Waals surface area contributed by atoms with Gasteiger partial charge >= 0.3 is 12.0 Å². The molecule has 2 N–H and O–H groups in total. The predicted molar refractivity (Wildman–Crippen MR) is 128 cm³/mol. The minimum Gasteiger partial charge on any atom is -0.495 e. The lowest BCUT2D eigenvalue weighted by Gasteiger charge is -2.39. The van der Waals surface area contributed by atoms with E-state index in [1.807, 2.05) is 36.1 Å². The molecule has 176 valence electrons. The van der Waals surface area contributed by atoms with Crippen molar-refractivity contribution in [1.82, 2.24) is 15.1 Å². The first-order chi connectivity index (χ1) is 15.4. The van der Waals surface area contributed by atoms with E-state index < -0.39 is 0 Å². The summed E-state index contributed by atoms with van der Waals surface area (Å²) < 4.78 is 10.3. The molecule has 2 fully saturated rings. The molecule has 0 aromatic heterocycles. The highest BCUT2D eigenvalue weighted by molar-refractivity contribution is 7.80. The number of benzene rings is 1. The zero-order chi connectivity index (χ0) is 23.1. The normalized spacial score (nSPS) is 18.2. The predicted octanol–water partition coefficient (Wildman–Crippen LogP) is 3.23. The number of likely N-dealkylation sites (tertiary alicyclic amines) is 2. The molecule has 0 saturated carbocycles. The lowest BCUT2D eigenvalue weighted by atomic mass is 9.78. The molecule has 0 radical (unpaired) electrons. The third-order valence-electron chi connectivity index (χ3n) is 6.33. The maximum atomic E-state index is 12.7. The van der Waals surface area contributed by atoms with Crippen LogP contribution in [0.15, 0.2) is 24.3 Å². The second-order valence-corrected chi connectivity index (χ2v) is 9.04. The first kappa shape index (κ1) is 24.1. The summed E-state index contributed by atoms with van der Waals surface area (Å²) in [7, 11) is 1.60. The van der Waals surface area contributed by atoms with Gasteiger partial charge in [-0.05, 0) is 62.9 Å². The first-order valence-corrected chi connectivity index (χ1v) is 11.7. The van der Waals surface area contributed by atoms with Gasteiger partial charge in [0.05, 0.1) is 25.8 Å². The Hall–Kier alpha value is -2.55. The summed E-state index contributed by atoms with van der Waals surface area (Å²) in [6, 6.07) is 7.26. The van der Waals surface area contributed by atoms with Gasteiger partial charge in [0.25, 0.3) is 0 Å². The van der Waals surface area contributed by atoms with E-state index in [2.05, 4.69) is 15.5 Å². The van der Waals surface area contributed by atoms with Gasteiger partial charge in [-0.2, -0.15) is 0 Å². The largest absolute Gasteiger partial charge is 0.495 e. The highest BCUT2D eigenvalue weighted by atomic mass is 32.1. The Balaban J connectivity index is 1.47. The highest BCUT2D eigenvalue weighted by Crippen LogP contribution is 2.40. The maximum Gasteiger partial charge on any atom is 0.321 e. The van der Waals surface area contributed by atoms with Gasteiger partial charge < -0.3 is 29.9 Å². The fraction of sp³-hybridized carbons (Fsp3) is 0.609. The number of amides is 2. The quantitative estimate of drug-likeness (QED) is 0.496. The Bertz CT molecular complexity index is 826. The van der Waals surface area contributed by atoms with E-state index in [9.17, 15) is 9.59 Å². The van der Waals surface area contributed by atoms with Gasteiger partial charge in [-0.1, -0.05) is 12.1 Å². The third kappa shape index (κ3) is 6.03. The third-order valence-corrected chi connectivity index (χ3v) is 6.71. The fourth-order valence-electron chi connectivity index (χ4n) is 4.47. The molecule has 32 heavy (non-hydrogen) atoms. The van der Waals surface area contributed by atoms with Crippen molar-refractivity contribution < 1.29 is 19.1 Å². The van der Waals surface area contributed by atoms with Crippen molar-refractivity contribution in [2.24, 2.45) is 5.41 Å². The first-order valence-electron chi connectivity index (χ1n) is 11.3. The smallest absolute Gasteiger partial charge is 0.321 e. The Kier molecular flexibility index (Phi) is 8.17. The van der Waals surface area contributed by atoms with Gasteiger partial charge in [-0.25, -0.2) is 4.79 Å². The summed E-state index contributed by atoms with van der Waals surface area (Å²) in [6.45, 7) is 7.34. The topological polar surface area (TPSA) is 83.1 Å². The van der Waals surface area contributed by atoms with Crippen LogP contribution in [0.3, 0.4) is 0 Å². The molecule has 9 heteroatoms.